The molecule has 2 aliphatic rings. The Labute approximate surface area is 225 Å². The van der Waals surface area contributed by atoms with E-state index >= 15 is 0 Å². The smallest absolute Gasteiger partial charge is 0.213 e. The molecule has 1 saturated heterocycles. The number of rotatable bonds is 10. The van der Waals surface area contributed by atoms with Gasteiger partial charge in [0.05, 0.1) is 18.2 Å². The van der Waals surface area contributed by atoms with Gasteiger partial charge in [0.25, 0.3) is 0 Å². The molecule has 0 saturated carbocycles. The van der Waals surface area contributed by atoms with Gasteiger partial charge in [0.1, 0.15) is 35.6 Å². The predicted molar refractivity (Wildman–Crippen MR) is 149 cm³/mol. The first-order valence-electron chi connectivity index (χ1n) is 13.4. The Morgan fingerprint density at radius 2 is 1.92 bits per heavy atom. The van der Waals surface area contributed by atoms with Crippen LogP contribution in [0.25, 0.3) is 22.4 Å². The lowest BCUT2D eigenvalue weighted by Crippen LogP contribution is -2.64. The van der Waals surface area contributed by atoms with Crippen molar-refractivity contribution in [1.82, 2.24) is 28.6 Å². The zero-order valence-corrected chi connectivity index (χ0v) is 24.6. The largest absolute Gasteiger partial charge is 0.361 e. The highest BCUT2D eigenvalue weighted by Crippen LogP contribution is 2.41. The number of hydrogen-bond donors (Lipinski definition) is 0. The Hall–Kier alpha value is -2.59. The van der Waals surface area contributed by atoms with E-state index in [-0.39, 0.29) is 25.3 Å². The summed E-state index contributed by atoms with van der Waals surface area (Å²) in [4.78, 5) is 9.23. The van der Waals surface area contributed by atoms with Crippen LogP contribution in [-0.4, -0.2) is 70.6 Å². The molecule has 204 valence electrons. The molecule has 0 spiro atoms. The van der Waals surface area contributed by atoms with Crippen LogP contribution in [0.4, 0.5) is 0 Å². The molecule has 0 aromatic carbocycles. The van der Waals surface area contributed by atoms with Crippen LogP contribution in [0.5, 0.6) is 0 Å². The van der Waals surface area contributed by atoms with E-state index in [2.05, 4.69) is 35.7 Å². The molecule has 5 rings (SSSR count). The van der Waals surface area contributed by atoms with E-state index in [1.165, 1.54) is 4.31 Å². The van der Waals surface area contributed by atoms with Gasteiger partial charge in [0, 0.05) is 50.6 Å². The lowest BCUT2D eigenvalue weighted by Gasteiger charge is -2.48. The minimum absolute atomic E-state index is 0.0515. The highest BCUT2D eigenvalue weighted by Gasteiger charge is 2.51. The van der Waals surface area contributed by atoms with Crippen molar-refractivity contribution in [2.45, 2.75) is 77.0 Å². The Balaban J connectivity index is 1.50. The van der Waals surface area contributed by atoms with Gasteiger partial charge in [-0.15, -0.1) is 0 Å². The summed E-state index contributed by atoms with van der Waals surface area (Å²) in [7, 11) is -4.48. The van der Waals surface area contributed by atoms with Gasteiger partial charge < -0.3 is 9.30 Å². The molecule has 1 fully saturated rings. The maximum absolute atomic E-state index is 12.5. The SMILES string of the molecule is CCS(=O)(=O)N1CC(CC#N)(n2nc(-c3ncnc4c3ccn4COCC[Si](C)(C)C)c3c2CCCC3)C1. The molecule has 0 amide bonds. The quantitative estimate of drug-likeness (QED) is 0.276. The second-order valence-electron chi connectivity index (χ2n) is 11.7. The molecule has 10 nitrogen and oxygen atoms in total. The highest BCUT2D eigenvalue weighted by atomic mass is 32.2. The van der Waals surface area contributed by atoms with Gasteiger partial charge in [-0.2, -0.15) is 14.7 Å². The predicted octanol–water partition coefficient (Wildman–Crippen LogP) is 3.76. The van der Waals surface area contributed by atoms with Crippen LogP contribution >= 0.6 is 0 Å². The Morgan fingerprint density at radius 3 is 2.63 bits per heavy atom. The van der Waals surface area contributed by atoms with E-state index in [1.807, 2.05) is 21.5 Å². The van der Waals surface area contributed by atoms with Gasteiger partial charge >= 0.3 is 0 Å². The summed E-state index contributed by atoms with van der Waals surface area (Å²) in [5, 5.41) is 15.7. The van der Waals surface area contributed by atoms with Gasteiger partial charge in [-0.1, -0.05) is 19.6 Å². The zero-order chi connectivity index (χ0) is 27.1. The monoisotopic (exact) mass is 555 g/mol. The summed E-state index contributed by atoms with van der Waals surface area (Å²) in [5.74, 6) is 0.0515. The minimum atomic E-state index is -3.32. The molecule has 0 atom stereocenters. The summed E-state index contributed by atoms with van der Waals surface area (Å²) in [6.07, 6.45) is 7.62. The topological polar surface area (TPSA) is 119 Å². The highest BCUT2D eigenvalue weighted by molar-refractivity contribution is 7.89. The van der Waals surface area contributed by atoms with Crippen LogP contribution in [-0.2, 0) is 39.9 Å². The lowest BCUT2D eigenvalue weighted by molar-refractivity contribution is 0.0685. The number of sulfonamides is 1. The number of aromatic nitrogens is 5. The molecular weight excluding hydrogens is 518 g/mol. The Kier molecular flexibility index (Phi) is 7.23. The van der Waals surface area contributed by atoms with Gasteiger partial charge in [0.15, 0.2) is 0 Å². The van der Waals surface area contributed by atoms with Crippen LogP contribution in [0.15, 0.2) is 18.6 Å². The minimum Gasteiger partial charge on any atom is -0.361 e. The molecule has 1 aliphatic heterocycles. The van der Waals surface area contributed by atoms with Crippen molar-refractivity contribution in [3.8, 4) is 17.5 Å². The maximum Gasteiger partial charge on any atom is 0.213 e. The molecule has 0 bridgehead atoms. The summed E-state index contributed by atoms with van der Waals surface area (Å²) >= 11 is 0. The first-order chi connectivity index (χ1) is 18.1. The molecule has 4 heterocycles. The normalized spacial score (nSPS) is 17.8. The number of hydrogen-bond acceptors (Lipinski definition) is 7. The van der Waals surface area contributed by atoms with Crippen LogP contribution in [0.1, 0.15) is 37.4 Å². The van der Waals surface area contributed by atoms with Crippen molar-refractivity contribution in [3.05, 3.63) is 29.8 Å². The Morgan fingerprint density at radius 1 is 1.16 bits per heavy atom. The molecule has 0 N–H and O–H groups in total. The van der Waals surface area contributed by atoms with Crippen molar-refractivity contribution < 1.29 is 13.2 Å². The third kappa shape index (κ3) is 4.92. The van der Waals surface area contributed by atoms with Crippen LogP contribution < -0.4 is 0 Å². The van der Waals surface area contributed by atoms with Crippen molar-refractivity contribution in [2.24, 2.45) is 0 Å². The average molecular weight is 556 g/mol. The average Bonchev–Trinajstić information content (AvgIpc) is 3.45. The molecule has 1 aliphatic carbocycles. The van der Waals surface area contributed by atoms with Crippen LogP contribution in [0, 0.1) is 11.3 Å². The molecule has 0 radical (unpaired) electrons. The van der Waals surface area contributed by atoms with Crippen molar-refractivity contribution >= 4 is 29.1 Å². The van der Waals surface area contributed by atoms with Gasteiger partial charge in [-0.25, -0.2) is 18.4 Å². The lowest BCUT2D eigenvalue weighted by atomic mass is 9.87. The van der Waals surface area contributed by atoms with Gasteiger partial charge in [-0.05, 0) is 44.7 Å². The first-order valence-corrected chi connectivity index (χ1v) is 18.7. The third-order valence-corrected chi connectivity index (χ3v) is 11.2. The molecule has 3 aromatic rings. The van der Waals surface area contributed by atoms with E-state index in [9.17, 15) is 13.7 Å². The summed E-state index contributed by atoms with van der Waals surface area (Å²) in [6.45, 7) is 10.4. The standard InChI is InChI=1S/C26H37N7O3SSi/c1-5-37(34,35)32-16-26(17-32,11-12-27)33-22-9-7-6-8-20(22)24(30-33)23-21-10-13-31(25(21)29-18-28-23)19-36-14-15-38(2,3)4/h10,13,18H,5-9,11,14-17,19H2,1-4H3. The molecule has 0 unspecified atom stereocenters. The van der Waals surface area contributed by atoms with E-state index in [1.54, 1.807) is 13.3 Å². The van der Waals surface area contributed by atoms with Crippen molar-refractivity contribution in [2.75, 3.05) is 25.4 Å². The summed E-state index contributed by atoms with van der Waals surface area (Å²) < 4.78 is 36.4. The number of nitrogens with zero attached hydrogens (tertiary/aromatic N) is 7. The molecule has 3 aromatic heterocycles. The van der Waals surface area contributed by atoms with Crippen LogP contribution in [0.2, 0.25) is 25.7 Å². The summed E-state index contributed by atoms with van der Waals surface area (Å²) in [6, 6.07) is 5.43. The second-order valence-corrected chi connectivity index (χ2v) is 19.6. The van der Waals surface area contributed by atoms with Crippen LogP contribution in [0.3, 0.4) is 0 Å². The van der Waals surface area contributed by atoms with Crippen molar-refractivity contribution in [3.63, 3.8) is 0 Å². The summed E-state index contributed by atoms with van der Waals surface area (Å²) in [5.41, 5.74) is 4.01. The fourth-order valence-corrected chi connectivity index (χ4v) is 7.47. The van der Waals surface area contributed by atoms with E-state index in [0.29, 0.717) is 6.73 Å². The zero-order valence-electron chi connectivity index (χ0n) is 22.8. The number of nitriles is 1. The van der Waals surface area contributed by atoms with E-state index < -0.39 is 23.6 Å². The molecule has 12 heteroatoms. The van der Waals surface area contributed by atoms with E-state index in [4.69, 9.17) is 9.84 Å². The fourth-order valence-electron chi connectivity index (χ4n) is 5.48. The van der Waals surface area contributed by atoms with Gasteiger partial charge in [-0.3, -0.25) is 4.68 Å². The van der Waals surface area contributed by atoms with E-state index in [0.717, 1.165) is 72.0 Å². The number of ether oxygens (including phenoxy) is 1. The number of fused-ring (bicyclic) bond motifs is 2. The maximum atomic E-state index is 12.5. The molecular formula is C26H37N7O3SSi. The first kappa shape index (κ1) is 27.0. The fraction of sp³-hybridized carbons (Fsp3) is 0.615. The van der Waals surface area contributed by atoms with Crippen molar-refractivity contribution in [1.29, 1.82) is 5.26 Å². The second kappa shape index (κ2) is 10.2. The van der Waals surface area contributed by atoms with Gasteiger partial charge in [0.2, 0.25) is 10.0 Å². The third-order valence-electron chi connectivity index (χ3n) is 7.74. The Bertz CT molecular complexity index is 1480. The molecule has 38 heavy (non-hydrogen) atoms.